The molecule has 8 heteroatoms. The normalized spacial score (nSPS) is 15.1. The lowest BCUT2D eigenvalue weighted by atomic mass is 10.0. The van der Waals surface area contributed by atoms with Crippen LogP contribution in [0.4, 0.5) is 5.69 Å². The molecule has 0 bridgehead atoms. The third kappa shape index (κ3) is 6.56. The molecule has 0 spiro atoms. The second-order valence-corrected chi connectivity index (χ2v) is 10.7. The van der Waals surface area contributed by atoms with Gasteiger partial charge in [0.2, 0.25) is 10.0 Å². The Balaban J connectivity index is 1.42. The molecule has 1 aliphatic heterocycles. The molecule has 33 heavy (non-hydrogen) atoms. The Kier molecular flexibility index (Phi) is 8.88. The highest BCUT2D eigenvalue weighted by atomic mass is 32.2. The van der Waals surface area contributed by atoms with E-state index < -0.39 is 10.0 Å². The van der Waals surface area contributed by atoms with Crippen molar-refractivity contribution in [1.29, 1.82) is 0 Å². The molecule has 0 radical (unpaired) electrons. The summed E-state index contributed by atoms with van der Waals surface area (Å²) < 4.78 is 31.4. The molecule has 0 saturated carbocycles. The molecule has 1 aliphatic rings. The maximum Gasteiger partial charge on any atom is 0.246 e. The number of hydrogen-bond donors (Lipinski definition) is 0. The minimum Gasteiger partial charge on any atom is -0.495 e. The third-order valence-corrected chi connectivity index (χ3v) is 7.95. The summed E-state index contributed by atoms with van der Waals surface area (Å²) in [5.74, 6) is 0.206. The van der Waals surface area contributed by atoms with Crippen molar-refractivity contribution in [2.24, 2.45) is 0 Å². The van der Waals surface area contributed by atoms with Crippen LogP contribution in [0.5, 0.6) is 5.75 Å². The minimum atomic E-state index is -3.69. The number of piperazine rings is 1. The number of carbonyl (C=O) groups is 1. The average Bonchev–Trinajstić information content (AvgIpc) is 2.84. The highest BCUT2D eigenvalue weighted by Gasteiger charge is 2.24. The van der Waals surface area contributed by atoms with Gasteiger partial charge in [-0.05, 0) is 49.7 Å². The number of anilines is 1. The fraction of sp³-hybridized carbons (Fsp3) is 0.480. The number of nitrogens with zero attached hydrogens (tertiary/aromatic N) is 3. The maximum atomic E-state index is 12.7. The Hall–Kier alpha value is -2.42. The summed E-state index contributed by atoms with van der Waals surface area (Å²) in [5, 5.41) is 0. The van der Waals surface area contributed by atoms with Gasteiger partial charge < -0.3 is 9.64 Å². The molecule has 3 rings (SSSR count). The summed E-state index contributed by atoms with van der Waals surface area (Å²) in [7, 11) is 0.658. The monoisotopic (exact) mass is 473 g/mol. The van der Waals surface area contributed by atoms with Gasteiger partial charge in [0.05, 0.1) is 7.11 Å². The number of rotatable bonds is 11. The molecule has 0 amide bonds. The highest BCUT2D eigenvalue weighted by Crippen LogP contribution is 2.27. The van der Waals surface area contributed by atoms with Crippen molar-refractivity contribution >= 4 is 21.5 Å². The van der Waals surface area contributed by atoms with Gasteiger partial charge in [-0.25, -0.2) is 12.7 Å². The molecule has 0 N–H and O–H groups in total. The number of methoxy groups -OCH3 is 1. The van der Waals surface area contributed by atoms with Crippen molar-refractivity contribution in [2.75, 3.05) is 58.8 Å². The van der Waals surface area contributed by atoms with E-state index in [0.29, 0.717) is 12.0 Å². The molecule has 1 saturated heterocycles. The van der Waals surface area contributed by atoms with Gasteiger partial charge in [0.25, 0.3) is 0 Å². The fourth-order valence-electron chi connectivity index (χ4n) is 4.06. The van der Waals surface area contributed by atoms with E-state index in [9.17, 15) is 13.2 Å². The topological polar surface area (TPSA) is 70.2 Å². The van der Waals surface area contributed by atoms with Crippen molar-refractivity contribution in [3.63, 3.8) is 0 Å². The predicted molar refractivity (Wildman–Crippen MR) is 132 cm³/mol. The number of sulfonamides is 1. The van der Waals surface area contributed by atoms with Crippen LogP contribution in [0.15, 0.2) is 53.4 Å². The lowest BCUT2D eigenvalue weighted by Crippen LogP contribution is -2.46. The number of benzene rings is 2. The van der Waals surface area contributed by atoms with E-state index >= 15 is 0 Å². The summed E-state index contributed by atoms with van der Waals surface area (Å²) in [5.41, 5.74) is 1.70. The molecule has 7 nitrogen and oxygen atoms in total. The van der Waals surface area contributed by atoms with Crippen LogP contribution in [-0.2, 0) is 10.0 Å². The number of ketones is 1. The molecule has 1 fully saturated rings. The summed E-state index contributed by atoms with van der Waals surface area (Å²) in [4.78, 5) is 17.6. The number of ether oxygens (including phenoxy) is 1. The van der Waals surface area contributed by atoms with Gasteiger partial charge in [-0.15, -0.1) is 0 Å². The van der Waals surface area contributed by atoms with E-state index in [-0.39, 0.29) is 16.4 Å². The Morgan fingerprint density at radius 1 is 0.970 bits per heavy atom. The zero-order valence-corrected chi connectivity index (χ0v) is 20.7. The zero-order chi connectivity index (χ0) is 23.8. The summed E-state index contributed by atoms with van der Waals surface area (Å²) in [6, 6.07) is 15.2. The van der Waals surface area contributed by atoms with E-state index in [0.717, 1.165) is 56.3 Å². The average molecular weight is 474 g/mol. The molecular weight excluding hydrogens is 438 g/mol. The first-order valence-electron chi connectivity index (χ1n) is 11.5. The van der Waals surface area contributed by atoms with Crippen LogP contribution in [0, 0.1) is 0 Å². The van der Waals surface area contributed by atoms with Crippen LogP contribution in [0.1, 0.15) is 36.0 Å². The summed E-state index contributed by atoms with van der Waals surface area (Å²) in [6.07, 6.45) is 3.24. The lowest BCUT2D eigenvalue weighted by molar-refractivity contribution is 0.0978. The first-order valence-corrected chi connectivity index (χ1v) is 12.9. The van der Waals surface area contributed by atoms with Gasteiger partial charge in [0.1, 0.15) is 10.6 Å². The second-order valence-electron chi connectivity index (χ2n) is 8.55. The SMILES string of the molecule is COc1ccc(C(=O)CCCCCN2CCN(c3ccccc3)CC2)cc1S(=O)(=O)N(C)C. The van der Waals surface area contributed by atoms with Crippen LogP contribution in [0.2, 0.25) is 0 Å². The van der Waals surface area contributed by atoms with Gasteiger partial charge in [0.15, 0.2) is 5.78 Å². The van der Waals surface area contributed by atoms with Gasteiger partial charge in [0, 0.05) is 57.9 Å². The van der Waals surface area contributed by atoms with Crippen LogP contribution in [0.3, 0.4) is 0 Å². The first kappa shape index (κ1) is 25.2. The molecule has 0 unspecified atom stereocenters. The van der Waals surface area contributed by atoms with Gasteiger partial charge in [-0.3, -0.25) is 9.69 Å². The highest BCUT2D eigenvalue weighted by molar-refractivity contribution is 7.89. The van der Waals surface area contributed by atoms with E-state index in [1.165, 1.54) is 33.0 Å². The lowest BCUT2D eigenvalue weighted by Gasteiger charge is -2.36. The zero-order valence-electron chi connectivity index (χ0n) is 19.9. The number of unbranched alkanes of at least 4 members (excludes halogenated alkanes) is 2. The summed E-state index contributed by atoms with van der Waals surface area (Å²) >= 11 is 0. The van der Waals surface area contributed by atoms with Crippen LogP contribution in [-0.4, -0.2) is 77.3 Å². The molecule has 0 aliphatic carbocycles. The minimum absolute atomic E-state index is 0.0236. The summed E-state index contributed by atoms with van der Waals surface area (Å²) in [6.45, 7) is 5.24. The third-order valence-electron chi connectivity index (χ3n) is 6.12. The van der Waals surface area contributed by atoms with Crippen molar-refractivity contribution in [2.45, 2.75) is 30.6 Å². The smallest absolute Gasteiger partial charge is 0.246 e. The van der Waals surface area contributed by atoms with E-state index in [1.54, 1.807) is 12.1 Å². The molecule has 0 aromatic heterocycles. The Morgan fingerprint density at radius 3 is 2.30 bits per heavy atom. The molecule has 0 atom stereocenters. The van der Waals surface area contributed by atoms with Crippen molar-refractivity contribution < 1.29 is 17.9 Å². The van der Waals surface area contributed by atoms with E-state index in [1.807, 2.05) is 6.07 Å². The Labute approximate surface area is 198 Å². The first-order chi connectivity index (χ1) is 15.8. The van der Waals surface area contributed by atoms with Crippen LogP contribution >= 0.6 is 0 Å². The van der Waals surface area contributed by atoms with Crippen molar-refractivity contribution in [3.8, 4) is 5.75 Å². The second kappa shape index (κ2) is 11.6. The molecule has 180 valence electrons. The number of Topliss-reactive ketones (excluding diaryl/α,β-unsaturated/α-hetero) is 1. The number of carbonyl (C=O) groups excluding carboxylic acids is 1. The van der Waals surface area contributed by atoms with Crippen molar-refractivity contribution in [3.05, 3.63) is 54.1 Å². The molecule has 1 heterocycles. The van der Waals surface area contributed by atoms with Crippen molar-refractivity contribution in [1.82, 2.24) is 9.21 Å². The molecule has 2 aromatic rings. The van der Waals surface area contributed by atoms with E-state index in [2.05, 4.69) is 34.1 Å². The van der Waals surface area contributed by atoms with Gasteiger partial charge in [-0.2, -0.15) is 0 Å². The Morgan fingerprint density at radius 2 is 1.67 bits per heavy atom. The predicted octanol–water partition coefficient (Wildman–Crippen LogP) is 3.51. The number of hydrogen-bond acceptors (Lipinski definition) is 6. The van der Waals surface area contributed by atoms with Crippen LogP contribution in [0.25, 0.3) is 0 Å². The van der Waals surface area contributed by atoms with Gasteiger partial charge in [-0.1, -0.05) is 24.6 Å². The molecule has 2 aromatic carbocycles. The quantitative estimate of drug-likeness (QED) is 0.367. The fourth-order valence-corrected chi connectivity index (χ4v) is 5.13. The largest absolute Gasteiger partial charge is 0.495 e. The van der Waals surface area contributed by atoms with E-state index in [4.69, 9.17) is 4.74 Å². The standard InChI is InChI=1S/C25H35N3O4S/c1-26(2)33(30,31)25-20-21(13-14-24(25)32-3)23(29)12-8-5-9-15-27-16-18-28(19-17-27)22-10-6-4-7-11-22/h4,6-7,10-11,13-14,20H,5,8-9,12,15-19H2,1-3H3. The van der Waals surface area contributed by atoms with Crippen LogP contribution < -0.4 is 9.64 Å². The van der Waals surface area contributed by atoms with Gasteiger partial charge >= 0.3 is 0 Å². The maximum absolute atomic E-state index is 12.7. The Bertz CT molecular complexity index is 1020. The molecular formula is C25H35N3O4S. The number of para-hydroxylation sites is 1.